The molecule has 0 atom stereocenters. The average molecular weight is 744 g/mol. The second kappa shape index (κ2) is 12.1. The topological polar surface area (TPSA) is 3.24 Å². The maximum absolute atomic E-state index is 2.49. The van der Waals surface area contributed by atoms with Crippen LogP contribution in [-0.4, -0.2) is 0 Å². The predicted octanol–water partition coefficient (Wildman–Crippen LogP) is 16.1. The Morgan fingerprint density at radius 3 is 1.86 bits per heavy atom. The third kappa shape index (κ3) is 4.81. The van der Waals surface area contributed by atoms with Crippen molar-refractivity contribution in [3.63, 3.8) is 0 Å². The number of nitrogens with zero attached hydrogens (tertiary/aromatic N) is 1. The third-order valence-electron chi connectivity index (χ3n) is 12.6. The van der Waals surface area contributed by atoms with Gasteiger partial charge in [0.1, 0.15) is 0 Å². The molecule has 268 valence electrons. The van der Waals surface area contributed by atoms with Crippen molar-refractivity contribution >= 4 is 91.7 Å². The normalized spacial score (nSPS) is 13.2. The highest BCUT2D eigenvalue weighted by Gasteiger charge is 2.35. The van der Waals surface area contributed by atoms with Gasteiger partial charge in [-0.15, -0.1) is 11.3 Å². The Labute approximate surface area is 335 Å². The molecule has 1 aliphatic rings. The van der Waals surface area contributed by atoms with Gasteiger partial charge in [0.05, 0.1) is 5.69 Å². The summed E-state index contributed by atoms with van der Waals surface area (Å²) in [5, 5.41) is 12.8. The standard InChI is InChI=1S/C55H37NS/c1-55(2)48-17-9-7-13-42(48)46-33-40(28-29-49(46)55)56(39-26-23-34(24-27-39)37-25-30-52-47(31-37)44-15-8-10-18-51(44)57-52)50-32-38-22-21-36-20-19-35-11-3-4-12-41(35)53(36)54(38)45-16-6-5-14-43(45)50/h3-33H,1-2H3. The van der Waals surface area contributed by atoms with Gasteiger partial charge in [0.2, 0.25) is 0 Å². The summed E-state index contributed by atoms with van der Waals surface area (Å²) >= 11 is 1.87. The number of anilines is 3. The van der Waals surface area contributed by atoms with Crippen molar-refractivity contribution < 1.29 is 0 Å². The van der Waals surface area contributed by atoms with Crippen molar-refractivity contribution in [2.45, 2.75) is 19.3 Å². The molecular weight excluding hydrogens is 707 g/mol. The molecule has 0 bridgehead atoms. The first-order valence-corrected chi connectivity index (χ1v) is 20.7. The van der Waals surface area contributed by atoms with E-state index in [0.717, 1.165) is 11.4 Å². The second-order valence-corrected chi connectivity index (χ2v) is 17.2. The van der Waals surface area contributed by atoms with Crippen LogP contribution >= 0.6 is 11.3 Å². The first-order valence-electron chi connectivity index (χ1n) is 19.8. The fraction of sp³-hybridized carbons (Fsp3) is 0.0545. The Morgan fingerprint density at radius 1 is 0.386 bits per heavy atom. The zero-order valence-corrected chi connectivity index (χ0v) is 32.6. The molecule has 0 amide bonds. The first kappa shape index (κ1) is 32.5. The molecule has 0 radical (unpaired) electrons. The van der Waals surface area contributed by atoms with Crippen LogP contribution in [0.4, 0.5) is 17.1 Å². The largest absolute Gasteiger partial charge is 0.310 e. The van der Waals surface area contributed by atoms with Gasteiger partial charge in [-0.05, 0) is 120 Å². The van der Waals surface area contributed by atoms with Crippen LogP contribution in [0.1, 0.15) is 25.0 Å². The summed E-state index contributed by atoms with van der Waals surface area (Å²) in [7, 11) is 0. The van der Waals surface area contributed by atoms with Gasteiger partial charge in [-0.3, -0.25) is 0 Å². The lowest BCUT2D eigenvalue weighted by Crippen LogP contribution is -2.15. The number of hydrogen-bond acceptors (Lipinski definition) is 2. The zero-order valence-electron chi connectivity index (χ0n) is 31.8. The van der Waals surface area contributed by atoms with Crippen molar-refractivity contribution in [1.29, 1.82) is 0 Å². The molecule has 0 N–H and O–H groups in total. The quantitative estimate of drug-likeness (QED) is 0.162. The summed E-state index contributed by atoms with van der Waals surface area (Å²) in [5.74, 6) is 0. The van der Waals surface area contributed by atoms with Crippen LogP contribution < -0.4 is 4.90 Å². The molecule has 11 aromatic rings. The van der Waals surface area contributed by atoms with Crippen LogP contribution in [0.3, 0.4) is 0 Å². The Morgan fingerprint density at radius 2 is 1.00 bits per heavy atom. The van der Waals surface area contributed by atoms with Crippen LogP contribution in [0, 0.1) is 0 Å². The molecule has 1 aliphatic carbocycles. The summed E-state index contributed by atoms with van der Waals surface area (Å²) < 4.78 is 2.66. The number of rotatable bonds is 4. The van der Waals surface area contributed by atoms with Crippen LogP contribution in [-0.2, 0) is 5.41 Å². The van der Waals surface area contributed by atoms with E-state index in [9.17, 15) is 0 Å². The van der Waals surface area contributed by atoms with E-state index in [2.05, 4.69) is 207 Å². The average Bonchev–Trinajstić information content (AvgIpc) is 3.75. The molecule has 1 heterocycles. The monoisotopic (exact) mass is 743 g/mol. The minimum absolute atomic E-state index is 0.0642. The third-order valence-corrected chi connectivity index (χ3v) is 13.8. The van der Waals surface area contributed by atoms with Crippen LogP contribution in [0.2, 0.25) is 0 Å². The molecule has 0 aliphatic heterocycles. The van der Waals surface area contributed by atoms with E-state index < -0.39 is 0 Å². The van der Waals surface area contributed by atoms with E-state index in [0.29, 0.717) is 0 Å². The van der Waals surface area contributed by atoms with E-state index in [4.69, 9.17) is 0 Å². The molecule has 1 nitrogen and oxygen atoms in total. The lowest BCUT2D eigenvalue weighted by atomic mass is 9.82. The lowest BCUT2D eigenvalue weighted by molar-refractivity contribution is 0.660. The summed E-state index contributed by atoms with van der Waals surface area (Å²) in [5.41, 5.74) is 11.2. The van der Waals surface area contributed by atoms with Crippen LogP contribution in [0.5, 0.6) is 0 Å². The Hall–Kier alpha value is -6.74. The minimum Gasteiger partial charge on any atom is -0.310 e. The molecule has 1 aromatic heterocycles. The van der Waals surface area contributed by atoms with Crippen molar-refractivity contribution in [3.05, 3.63) is 199 Å². The molecule has 0 unspecified atom stereocenters. The van der Waals surface area contributed by atoms with Crippen LogP contribution in [0.15, 0.2) is 188 Å². The van der Waals surface area contributed by atoms with Gasteiger partial charge in [-0.25, -0.2) is 0 Å². The van der Waals surface area contributed by atoms with Gasteiger partial charge in [0.15, 0.2) is 0 Å². The fourth-order valence-electron chi connectivity index (χ4n) is 9.84. The SMILES string of the molecule is CC1(C)c2ccccc2-c2cc(N(c3ccc(-c4ccc5sc6ccccc6c5c4)cc3)c3cc4ccc5ccc6ccccc6c5c4c4ccccc34)ccc21. The van der Waals surface area contributed by atoms with E-state index in [-0.39, 0.29) is 5.41 Å². The van der Waals surface area contributed by atoms with Crippen molar-refractivity contribution in [2.24, 2.45) is 0 Å². The van der Waals surface area contributed by atoms with Gasteiger partial charge in [0, 0.05) is 42.3 Å². The summed E-state index contributed by atoms with van der Waals surface area (Å²) in [4.78, 5) is 2.49. The van der Waals surface area contributed by atoms with E-state index >= 15 is 0 Å². The second-order valence-electron chi connectivity index (χ2n) is 16.1. The van der Waals surface area contributed by atoms with E-state index in [1.165, 1.54) is 102 Å². The highest BCUT2D eigenvalue weighted by atomic mass is 32.1. The molecular formula is C55H37NS. The molecule has 12 rings (SSSR count). The zero-order chi connectivity index (χ0) is 37.8. The summed E-state index contributed by atoms with van der Waals surface area (Å²) in [6, 6.07) is 70.3. The lowest BCUT2D eigenvalue weighted by Gasteiger charge is -2.29. The molecule has 2 heteroatoms. The highest BCUT2D eigenvalue weighted by Crippen LogP contribution is 2.52. The molecule has 0 spiro atoms. The van der Waals surface area contributed by atoms with Crippen molar-refractivity contribution in [2.75, 3.05) is 4.90 Å². The van der Waals surface area contributed by atoms with E-state index in [1.807, 2.05) is 11.3 Å². The number of hydrogen-bond donors (Lipinski definition) is 0. The number of thiophene rings is 1. The minimum atomic E-state index is -0.0642. The molecule has 0 fully saturated rings. The van der Waals surface area contributed by atoms with E-state index in [1.54, 1.807) is 0 Å². The van der Waals surface area contributed by atoms with Crippen LogP contribution in [0.25, 0.3) is 85.5 Å². The number of benzene rings is 10. The number of fused-ring (bicyclic) bond motifs is 13. The van der Waals surface area contributed by atoms with Crippen molar-refractivity contribution in [1.82, 2.24) is 0 Å². The first-order chi connectivity index (χ1) is 28.0. The van der Waals surface area contributed by atoms with Gasteiger partial charge in [-0.1, -0.05) is 153 Å². The molecule has 10 aromatic carbocycles. The highest BCUT2D eigenvalue weighted by molar-refractivity contribution is 7.25. The summed E-state index contributed by atoms with van der Waals surface area (Å²) in [6.45, 7) is 4.71. The predicted molar refractivity (Wildman–Crippen MR) is 247 cm³/mol. The fourth-order valence-corrected chi connectivity index (χ4v) is 10.9. The van der Waals surface area contributed by atoms with Gasteiger partial charge in [0.25, 0.3) is 0 Å². The van der Waals surface area contributed by atoms with Crippen molar-refractivity contribution in [3.8, 4) is 22.3 Å². The molecule has 0 saturated heterocycles. The molecule has 0 saturated carbocycles. The van der Waals surface area contributed by atoms with Gasteiger partial charge >= 0.3 is 0 Å². The maximum Gasteiger partial charge on any atom is 0.0546 e. The summed E-state index contributed by atoms with van der Waals surface area (Å²) in [6.07, 6.45) is 0. The van der Waals surface area contributed by atoms with Gasteiger partial charge in [-0.2, -0.15) is 0 Å². The Kier molecular flexibility index (Phi) is 6.91. The van der Waals surface area contributed by atoms with Gasteiger partial charge < -0.3 is 4.90 Å². The maximum atomic E-state index is 2.49. The molecule has 57 heavy (non-hydrogen) atoms. The Balaban J connectivity index is 1.09. The Bertz CT molecular complexity index is 3440. The smallest absolute Gasteiger partial charge is 0.0546 e.